The van der Waals surface area contributed by atoms with Crippen molar-refractivity contribution in [3.05, 3.63) is 40.8 Å². The Kier molecular flexibility index (Phi) is 2.97. The second-order valence-corrected chi connectivity index (χ2v) is 3.76. The highest BCUT2D eigenvalue weighted by Gasteiger charge is 2.12. The summed E-state index contributed by atoms with van der Waals surface area (Å²) in [7, 11) is 0. The molecular formula is C10H10ClN5O. The Hall–Kier alpha value is -2.08. The molecule has 2 rings (SSSR count). The number of pyridine rings is 1. The maximum Gasteiger partial charge on any atom is 0.172 e. The zero-order chi connectivity index (χ0) is 12.4. The molecule has 0 aromatic carbocycles. The van der Waals surface area contributed by atoms with Crippen LogP contribution >= 0.6 is 11.6 Å². The molecule has 0 fully saturated rings. The lowest BCUT2D eigenvalue weighted by Crippen LogP contribution is -2.15. The number of rotatable bonds is 2. The standard InChI is InChI=1S/C10H10ClN5O/c1-6-3-5-16(14-6)10-8(11)7(2-4-13-10)9(12)15-17/h2-5,17H,1H3,(H2,12,15). The average Bonchev–Trinajstić information content (AvgIpc) is 2.75. The Morgan fingerprint density at radius 1 is 1.53 bits per heavy atom. The van der Waals surface area contributed by atoms with Crippen LogP contribution in [0.15, 0.2) is 29.7 Å². The van der Waals surface area contributed by atoms with E-state index in [1.165, 1.54) is 10.9 Å². The number of hydrogen-bond donors (Lipinski definition) is 2. The van der Waals surface area contributed by atoms with E-state index in [0.717, 1.165) is 5.69 Å². The molecule has 6 nitrogen and oxygen atoms in total. The summed E-state index contributed by atoms with van der Waals surface area (Å²) in [6.45, 7) is 1.86. The summed E-state index contributed by atoms with van der Waals surface area (Å²) in [5, 5.41) is 16.0. The first-order chi connectivity index (χ1) is 8.13. The average molecular weight is 252 g/mol. The van der Waals surface area contributed by atoms with E-state index in [1.807, 2.05) is 13.0 Å². The molecule has 2 aromatic rings. The van der Waals surface area contributed by atoms with Gasteiger partial charge in [0.2, 0.25) is 0 Å². The summed E-state index contributed by atoms with van der Waals surface area (Å²) >= 11 is 6.13. The fourth-order valence-electron chi connectivity index (χ4n) is 1.38. The lowest BCUT2D eigenvalue weighted by molar-refractivity contribution is 0.318. The van der Waals surface area contributed by atoms with Gasteiger partial charge in [-0.3, -0.25) is 0 Å². The van der Waals surface area contributed by atoms with Gasteiger partial charge in [0.15, 0.2) is 11.7 Å². The van der Waals surface area contributed by atoms with Crippen molar-refractivity contribution in [1.82, 2.24) is 14.8 Å². The van der Waals surface area contributed by atoms with Crippen molar-refractivity contribution in [2.24, 2.45) is 10.9 Å². The molecule has 2 heterocycles. The molecule has 0 spiro atoms. The van der Waals surface area contributed by atoms with E-state index in [9.17, 15) is 0 Å². The molecule has 17 heavy (non-hydrogen) atoms. The van der Waals surface area contributed by atoms with Gasteiger partial charge in [-0.05, 0) is 19.1 Å². The van der Waals surface area contributed by atoms with E-state index in [-0.39, 0.29) is 10.9 Å². The van der Waals surface area contributed by atoms with E-state index in [0.29, 0.717) is 11.4 Å². The van der Waals surface area contributed by atoms with Gasteiger partial charge in [-0.15, -0.1) is 0 Å². The van der Waals surface area contributed by atoms with E-state index in [2.05, 4.69) is 15.2 Å². The molecule has 0 atom stereocenters. The maximum absolute atomic E-state index is 8.64. The molecular weight excluding hydrogens is 242 g/mol. The van der Waals surface area contributed by atoms with Crippen LogP contribution in [0.3, 0.4) is 0 Å². The summed E-state index contributed by atoms with van der Waals surface area (Å²) in [6.07, 6.45) is 3.26. The predicted molar refractivity (Wildman–Crippen MR) is 63.6 cm³/mol. The molecule has 0 saturated heterocycles. The molecule has 3 N–H and O–H groups in total. The van der Waals surface area contributed by atoms with Crippen LogP contribution in [0.25, 0.3) is 5.82 Å². The van der Waals surface area contributed by atoms with Crippen LogP contribution in [-0.2, 0) is 0 Å². The number of halogens is 1. The fraction of sp³-hybridized carbons (Fsp3) is 0.100. The second kappa shape index (κ2) is 4.42. The Morgan fingerprint density at radius 2 is 2.29 bits per heavy atom. The van der Waals surface area contributed by atoms with Gasteiger partial charge >= 0.3 is 0 Å². The molecule has 0 aliphatic rings. The summed E-state index contributed by atoms with van der Waals surface area (Å²) in [6, 6.07) is 3.39. The highest BCUT2D eigenvalue weighted by Crippen LogP contribution is 2.21. The Labute approximate surface area is 102 Å². The molecule has 0 bridgehead atoms. The van der Waals surface area contributed by atoms with Crippen LogP contribution in [0.1, 0.15) is 11.3 Å². The second-order valence-electron chi connectivity index (χ2n) is 3.38. The van der Waals surface area contributed by atoms with Gasteiger partial charge in [0.05, 0.1) is 10.7 Å². The highest BCUT2D eigenvalue weighted by molar-refractivity contribution is 6.35. The van der Waals surface area contributed by atoms with Gasteiger partial charge in [-0.2, -0.15) is 5.10 Å². The van der Waals surface area contributed by atoms with Crippen LogP contribution in [0.5, 0.6) is 0 Å². The van der Waals surface area contributed by atoms with Crippen LogP contribution < -0.4 is 5.73 Å². The predicted octanol–water partition coefficient (Wildman–Crippen LogP) is 1.32. The highest BCUT2D eigenvalue weighted by atomic mass is 35.5. The number of amidine groups is 1. The molecule has 0 aliphatic carbocycles. The number of oxime groups is 1. The third-order valence-electron chi connectivity index (χ3n) is 2.19. The summed E-state index contributed by atoms with van der Waals surface area (Å²) in [5.41, 5.74) is 6.76. The molecule has 7 heteroatoms. The van der Waals surface area contributed by atoms with Crippen molar-refractivity contribution in [2.75, 3.05) is 0 Å². The Balaban J connectivity index is 2.57. The molecule has 0 unspecified atom stereocenters. The first-order valence-corrected chi connectivity index (χ1v) is 5.16. The van der Waals surface area contributed by atoms with Crippen molar-refractivity contribution in [2.45, 2.75) is 6.92 Å². The third-order valence-corrected chi connectivity index (χ3v) is 2.57. The largest absolute Gasteiger partial charge is 0.409 e. The summed E-state index contributed by atoms with van der Waals surface area (Å²) in [4.78, 5) is 4.12. The van der Waals surface area contributed by atoms with Crippen LogP contribution in [0, 0.1) is 6.92 Å². The minimum atomic E-state index is -0.0671. The van der Waals surface area contributed by atoms with Gasteiger partial charge < -0.3 is 10.9 Å². The molecule has 0 saturated carbocycles. The monoisotopic (exact) mass is 251 g/mol. The number of nitrogens with two attached hydrogens (primary N) is 1. The van der Waals surface area contributed by atoms with Crippen molar-refractivity contribution in [3.8, 4) is 5.82 Å². The zero-order valence-corrected chi connectivity index (χ0v) is 9.76. The van der Waals surface area contributed by atoms with E-state index < -0.39 is 0 Å². The van der Waals surface area contributed by atoms with E-state index in [1.54, 1.807) is 12.3 Å². The molecule has 0 radical (unpaired) electrons. The van der Waals surface area contributed by atoms with Crippen molar-refractivity contribution >= 4 is 17.4 Å². The third kappa shape index (κ3) is 2.07. The van der Waals surface area contributed by atoms with Crippen LogP contribution in [-0.4, -0.2) is 25.8 Å². The number of nitrogens with zero attached hydrogens (tertiary/aromatic N) is 4. The van der Waals surface area contributed by atoms with Gasteiger partial charge in [-0.1, -0.05) is 16.8 Å². The number of aromatic nitrogens is 3. The van der Waals surface area contributed by atoms with E-state index in [4.69, 9.17) is 22.5 Å². The van der Waals surface area contributed by atoms with Crippen LogP contribution in [0.2, 0.25) is 5.02 Å². The first kappa shape index (κ1) is 11.4. The summed E-state index contributed by atoms with van der Waals surface area (Å²) < 4.78 is 1.53. The Bertz CT molecular complexity index is 578. The molecule has 0 aliphatic heterocycles. The first-order valence-electron chi connectivity index (χ1n) is 4.78. The van der Waals surface area contributed by atoms with Crippen molar-refractivity contribution in [1.29, 1.82) is 0 Å². The van der Waals surface area contributed by atoms with Gasteiger partial charge in [-0.25, -0.2) is 9.67 Å². The van der Waals surface area contributed by atoms with Gasteiger partial charge in [0.25, 0.3) is 0 Å². The topological polar surface area (TPSA) is 89.3 Å². The SMILES string of the molecule is Cc1ccn(-c2nccc(/C(N)=N/O)c2Cl)n1. The van der Waals surface area contributed by atoms with E-state index >= 15 is 0 Å². The normalized spacial score (nSPS) is 11.8. The molecule has 0 amide bonds. The lowest BCUT2D eigenvalue weighted by Gasteiger charge is -2.07. The number of hydrogen-bond acceptors (Lipinski definition) is 4. The lowest BCUT2D eigenvalue weighted by atomic mass is 10.2. The number of aryl methyl sites for hydroxylation is 1. The zero-order valence-electron chi connectivity index (χ0n) is 9.00. The summed E-state index contributed by atoms with van der Waals surface area (Å²) in [5.74, 6) is 0.367. The minimum absolute atomic E-state index is 0.0671. The quantitative estimate of drug-likeness (QED) is 0.365. The van der Waals surface area contributed by atoms with Gasteiger partial charge in [0.1, 0.15) is 0 Å². The van der Waals surface area contributed by atoms with Crippen molar-refractivity contribution < 1.29 is 5.21 Å². The van der Waals surface area contributed by atoms with Crippen molar-refractivity contribution in [3.63, 3.8) is 0 Å². The van der Waals surface area contributed by atoms with Crippen LogP contribution in [0.4, 0.5) is 0 Å². The maximum atomic E-state index is 8.64. The molecule has 88 valence electrons. The molecule has 2 aromatic heterocycles. The smallest absolute Gasteiger partial charge is 0.172 e. The van der Waals surface area contributed by atoms with Gasteiger partial charge in [0, 0.05) is 18.0 Å². The minimum Gasteiger partial charge on any atom is -0.409 e. The Morgan fingerprint density at radius 3 is 2.88 bits per heavy atom. The fourth-order valence-corrected chi connectivity index (χ4v) is 1.67.